The summed E-state index contributed by atoms with van der Waals surface area (Å²) < 4.78 is 31.0. The van der Waals surface area contributed by atoms with E-state index in [1.807, 2.05) is 6.92 Å². The van der Waals surface area contributed by atoms with Gasteiger partial charge in [0, 0.05) is 0 Å². The topological polar surface area (TPSA) is 150 Å². The molecule has 37 heavy (non-hydrogen) atoms. The number of ether oxygens (including phenoxy) is 6. The lowest BCUT2D eigenvalue weighted by atomic mass is 10.1. The van der Waals surface area contributed by atoms with Gasteiger partial charge in [-0.1, -0.05) is 19.9 Å². The van der Waals surface area contributed by atoms with Crippen LogP contribution in [0.3, 0.4) is 0 Å². The van der Waals surface area contributed by atoms with Crippen molar-refractivity contribution in [3.8, 4) is 11.5 Å². The SMILES string of the molecule is CCC(C)C(=O)O[C@@H](C)[C@H](C)OC(=O)[C@@H](N)Cc1ccc(OC(=O)OC(C)C)c(OC(=O)OC(C)C)c1. The molecule has 1 aromatic rings. The third kappa shape index (κ3) is 11.5. The zero-order chi connectivity index (χ0) is 28.3. The molecule has 0 aromatic heterocycles. The van der Waals surface area contributed by atoms with Crippen molar-refractivity contribution >= 4 is 24.2 Å². The molecule has 0 fully saturated rings. The molecule has 1 unspecified atom stereocenters. The van der Waals surface area contributed by atoms with Gasteiger partial charge < -0.3 is 34.2 Å². The number of hydrogen-bond donors (Lipinski definition) is 1. The van der Waals surface area contributed by atoms with Crippen LogP contribution in [0.4, 0.5) is 9.59 Å². The third-order valence-corrected chi connectivity index (χ3v) is 5.10. The van der Waals surface area contributed by atoms with Crippen molar-refractivity contribution in [1.82, 2.24) is 0 Å². The molecule has 2 N–H and O–H groups in total. The molecule has 0 radical (unpaired) electrons. The second-order valence-electron chi connectivity index (χ2n) is 9.22. The van der Waals surface area contributed by atoms with Gasteiger partial charge in [-0.05, 0) is 72.1 Å². The zero-order valence-corrected chi connectivity index (χ0v) is 22.8. The molecule has 0 saturated carbocycles. The Morgan fingerprint density at radius 1 is 0.730 bits per heavy atom. The average molecular weight is 526 g/mol. The van der Waals surface area contributed by atoms with Crippen molar-refractivity contribution in [1.29, 1.82) is 0 Å². The highest BCUT2D eigenvalue weighted by Gasteiger charge is 2.26. The van der Waals surface area contributed by atoms with Crippen LogP contribution in [0.25, 0.3) is 0 Å². The fourth-order valence-corrected chi connectivity index (χ4v) is 2.72. The molecule has 208 valence electrons. The van der Waals surface area contributed by atoms with Gasteiger partial charge in [0.1, 0.15) is 18.2 Å². The Labute approximate surface area is 217 Å². The van der Waals surface area contributed by atoms with Crippen LogP contribution in [-0.2, 0) is 35.0 Å². The molecular formula is C26H39NO10. The van der Waals surface area contributed by atoms with E-state index in [1.165, 1.54) is 12.1 Å². The Balaban J connectivity index is 2.93. The van der Waals surface area contributed by atoms with E-state index >= 15 is 0 Å². The first kappa shape index (κ1) is 31.7. The van der Waals surface area contributed by atoms with Gasteiger partial charge in [0.05, 0.1) is 18.1 Å². The van der Waals surface area contributed by atoms with Gasteiger partial charge in [0.25, 0.3) is 0 Å². The summed E-state index contributed by atoms with van der Waals surface area (Å²) in [4.78, 5) is 48.5. The number of carbonyl (C=O) groups excluding carboxylic acids is 4. The van der Waals surface area contributed by atoms with Crippen molar-refractivity contribution in [2.24, 2.45) is 11.7 Å². The fourth-order valence-electron chi connectivity index (χ4n) is 2.72. The number of carbonyl (C=O) groups is 4. The van der Waals surface area contributed by atoms with Crippen molar-refractivity contribution in [2.45, 2.75) is 98.7 Å². The van der Waals surface area contributed by atoms with Crippen LogP contribution in [0.1, 0.15) is 67.4 Å². The maximum Gasteiger partial charge on any atom is 0.514 e. The van der Waals surface area contributed by atoms with E-state index in [4.69, 9.17) is 34.2 Å². The van der Waals surface area contributed by atoms with E-state index in [1.54, 1.807) is 54.5 Å². The molecule has 0 aliphatic carbocycles. The van der Waals surface area contributed by atoms with Crippen LogP contribution >= 0.6 is 0 Å². The molecule has 0 aliphatic rings. The van der Waals surface area contributed by atoms with Gasteiger partial charge in [-0.3, -0.25) is 9.59 Å². The van der Waals surface area contributed by atoms with Crippen LogP contribution in [0.2, 0.25) is 0 Å². The molecule has 0 amide bonds. The van der Waals surface area contributed by atoms with Gasteiger partial charge in [-0.2, -0.15) is 0 Å². The van der Waals surface area contributed by atoms with Crippen LogP contribution < -0.4 is 15.2 Å². The van der Waals surface area contributed by atoms with Gasteiger partial charge in [0.15, 0.2) is 11.5 Å². The Hall–Kier alpha value is -3.34. The highest BCUT2D eigenvalue weighted by atomic mass is 16.7. The molecule has 11 heteroatoms. The highest BCUT2D eigenvalue weighted by molar-refractivity contribution is 5.76. The van der Waals surface area contributed by atoms with Gasteiger partial charge >= 0.3 is 24.2 Å². The molecule has 0 saturated heterocycles. The lowest BCUT2D eigenvalue weighted by Gasteiger charge is -2.23. The number of nitrogens with two attached hydrogens (primary N) is 1. The standard InChI is InChI=1S/C26H39NO10/c1-9-16(6)23(28)34-17(7)18(8)35-24(29)20(27)12-19-10-11-21(36-25(30)32-14(2)3)22(13-19)37-26(31)33-15(4)5/h10-11,13-18,20H,9,12,27H2,1-8H3/t16?,17-,18-,20-/m0/s1. The Kier molecular flexibility index (Phi) is 12.9. The molecule has 11 nitrogen and oxygen atoms in total. The largest absolute Gasteiger partial charge is 0.514 e. The van der Waals surface area contributed by atoms with Crippen molar-refractivity contribution in [3.63, 3.8) is 0 Å². The van der Waals surface area contributed by atoms with Gasteiger partial charge in [-0.25, -0.2) is 9.59 Å². The molecular weight excluding hydrogens is 486 g/mol. The Bertz CT molecular complexity index is 930. The summed E-state index contributed by atoms with van der Waals surface area (Å²) in [6.45, 7) is 13.5. The normalized spacial score (nSPS) is 14.2. The minimum Gasteiger partial charge on any atom is -0.459 e. The quantitative estimate of drug-likeness (QED) is 0.236. The number of esters is 2. The zero-order valence-electron chi connectivity index (χ0n) is 22.8. The van der Waals surface area contributed by atoms with E-state index in [0.717, 1.165) is 0 Å². The maximum atomic E-state index is 12.6. The molecule has 4 atom stereocenters. The van der Waals surface area contributed by atoms with Crippen molar-refractivity contribution in [3.05, 3.63) is 23.8 Å². The summed E-state index contributed by atoms with van der Waals surface area (Å²) in [5, 5.41) is 0. The van der Waals surface area contributed by atoms with E-state index in [-0.39, 0.29) is 29.8 Å². The average Bonchev–Trinajstić information content (AvgIpc) is 2.78. The summed E-state index contributed by atoms with van der Waals surface area (Å²) in [5.41, 5.74) is 6.53. The summed E-state index contributed by atoms with van der Waals surface area (Å²) in [6, 6.07) is 3.25. The Morgan fingerprint density at radius 3 is 1.70 bits per heavy atom. The predicted molar refractivity (Wildman–Crippen MR) is 133 cm³/mol. The van der Waals surface area contributed by atoms with Gasteiger partial charge in [-0.15, -0.1) is 0 Å². The first-order chi connectivity index (χ1) is 17.2. The second kappa shape index (κ2) is 15.0. The van der Waals surface area contributed by atoms with Crippen LogP contribution in [0.5, 0.6) is 11.5 Å². The van der Waals surface area contributed by atoms with E-state index in [2.05, 4.69) is 0 Å². The van der Waals surface area contributed by atoms with Crippen LogP contribution in [-0.4, -0.2) is 54.7 Å². The smallest absolute Gasteiger partial charge is 0.459 e. The molecule has 1 aromatic carbocycles. The van der Waals surface area contributed by atoms with Crippen molar-refractivity contribution in [2.75, 3.05) is 0 Å². The van der Waals surface area contributed by atoms with E-state index in [9.17, 15) is 19.2 Å². The monoisotopic (exact) mass is 525 g/mol. The molecule has 0 aliphatic heterocycles. The summed E-state index contributed by atoms with van der Waals surface area (Å²) in [7, 11) is 0. The molecule has 0 spiro atoms. The first-order valence-electron chi connectivity index (χ1n) is 12.3. The summed E-state index contributed by atoms with van der Waals surface area (Å²) in [6.07, 6.45) is -3.59. The van der Waals surface area contributed by atoms with Crippen molar-refractivity contribution < 1.29 is 47.6 Å². The number of hydrogen-bond acceptors (Lipinski definition) is 11. The minimum absolute atomic E-state index is 0.0128. The predicted octanol–water partition coefficient (Wildman–Crippen LogP) is 4.31. The first-order valence-corrected chi connectivity index (χ1v) is 12.3. The fraction of sp³-hybridized carbons (Fsp3) is 0.615. The van der Waals surface area contributed by atoms with Gasteiger partial charge in [0.2, 0.25) is 0 Å². The molecule has 0 heterocycles. The van der Waals surface area contributed by atoms with E-state index in [0.29, 0.717) is 12.0 Å². The highest BCUT2D eigenvalue weighted by Crippen LogP contribution is 2.30. The van der Waals surface area contributed by atoms with Crippen LogP contribution in [0, 0.1) is 5.92 Å². The van der Waals surface area contributed by atoms with Crippen LogP contribution in [0.15, 0.2) is 18.2 Å². The van der Waals surface area contributed by atoms with E-state index < -0.39 is 48.7 Å². The Morgan fingerprint density at radius 2 is 1.22 bits per heavy atom. The number of benzene rings is 1. The number of rotatable bonds is 12. The minimum atomic E-state index is -1.08. The second-order valence-corrected chi connectivity index (χ2v) is 9.22. The third-order valence-electron chi connectivity index (χ3n) is 5.10. The summed E-state index contributed by atoms with van der Waals surface area (Å²) in [5.74, 6) is -1.55. The lowest BCUT2D eigenvalue weighted by molar-refractivity contribution is -0.168. The molecule has 1 rings (SSSR count). The maximum absolute atomic E-state index is 12.6. The lowest BCUT2D eigenvalue weighted by Crippen LogP contribution is -2.40. The summed E-state index contributed by atoms with van der Waals surface area (Å²) >= 11 is 0. The molecule has 0 bridgehead atoms.